The van der Waals surface area contributed by atoms with Gasteiger partial charge in [0.2, 0.25) is 0 Å². The first-order valence-corrected chi connectivity index (χ1v) is 6.87. The van der Waals surface area contributed by atoms with Gasteiger partial charge in [-0.3, -0.25) is 0 Å². The van der Waals surface area contributed by atoms with E-state index in [9.17, 15) is 4.79 Å². The minimum atomic E-state index is -0.958. The number of hydrogen-bond donors (Lipinski definition) is 1. The fourth-order valence-electron chi connectivity index (χ4n) is 1.44. The molecule has 0 bridgehead atoms. The van der Waals surface area contributed by atoms with Crippen molar-refractivity contribution in [2.45, 2.75) is 26.2 Å². The number of thiazole rings is 1. The summed E-state index contributed by atoms with van der Waals surface area (Å²) in [6.45, 7) is 6.17. The molecule has 0 spiro atoms. The van der Waals surface area contributed by atoms with Crippen molar-refractivity contribution in [3.05, 3.63) is 39.9 Å². The Morgan fingerprint density at radius 1 is 1.15 bits per heavy atom. The predicted octanol–water partition coefficient (Wildman–Crippen LogP) is 3.10. The van der Waals surface area contributed by atoms with E-state index in [2.05, 4.69) is 35.7 Å². The maximum atomic E-state index is 10.7. The van der Waals surface area contributed by atoms with Crippen molar-refractivity contribution >= 4 is 29.5 Å². The number of rotatable bonds is 3. The highest BCUT2D eigenvalue weighted by molar-refractivity contribution is 7.14. The van der Waals surface area contributed by atoms with Crippen molar-refractivity contribution < 1.29 is 9.90 Å². The molecule has 0 radical (unpaired) electrons. The van der Waals surface area contributed by atoms with Crippen LogP contribution in [0.4, 0.5) is 0 Å². The molecule has 2 aromatic heterocycles. The van der Waals surface area contributed by atoms with Crippen molar-refractivity contribution in [2.24, 2.45) is 0 Å². The lowest BCUT2D eigenvalue weighted by Crippen LogP contribution is -2.15. The zero-order valence-electron chi connectivity index (χ0n) is 11.5. The second kappa shape index (κ2) is 5.50. The molecule has 0 aliphatic carbocycles. The lowest BCUT2D eigenvalue weighted by Gasteiger charge is -2.15. The Bertz CT molecular complexity index is 639. The van der Waals surface area contributed by atoms with Gasteiger partial charge in [0.1, 0.15) is 15.7 Å². The topological polar surface area (TPSA) is 76.0 Å². The number of nitrogens with zero attached hydrogens (tertiary/aromatic N) is 3. The van der Waals surface area contributed by atoms with Crippen molar-refractivity contribution in [3.8, 4) is 0 Å². The van der Waals surface area contributed by atoms with Crippen LogP contribution in [-0.4, -0.2) is 26.0 Å². The van der Waals surface area contributed by atoms with Crippen LogP contribution in [0.2, 0.25) is 0 Å². The zero-order chi connectivity index (χ0) is 14.8. The third-order valence-electron chi connectivity index (χ3n) is 2.50. The van der Waals surface area contributed by atoms with E-state index in [4.69, 9.17) is 5.11 Å². The third kappa shape index (κ3) is 3.48. The van der Waals surface area contributed by atoms with Gasteiger partial charge >= 0.3 is 5.97 Å². The summed E-state index contributed by atoms with van der Waals surface area (Å²) < 4.78 is 0. The van der Waals surface area contributed by atoms with Gasteiger partial charge in [-0.2, -0.15) is 0 Å². The molecule has 104 valence electrons. The van der Waals surface area contributed by atoms with E-state index in [0.29, 0.717) is 5.01 Å². The van der Waals surface area contributed by atoms with Crippen molar-refractivity contribution in [1.29, 1.82) is 0 Å². The molecule has 5 nitrogen and oxygen atoms in total. The molecule has 0 aliphatic rings. The van der Waals surface area contributed by atoms with E-state index in [1.807, 2.05) is 6.08 Å². The first kappa shape index (κ1) is 14.3. The van der Waals surface area contributed by atoms with Gasteiger partial charge in [-0.05, 0) is 12.2 Å². The maximum Gasteiger partial charge on any atom is 0.347 e. The highest BCUT2D eigenvalue weighted by atomic mass is 32.1. The Hall–Kier alpha value is -2.08. The molecular weight excluding hydrogens is 274 g/mol. The van der Waals surface area contributed by atoms with E-state index in [-0.39, 0.29) is 10.3 Å². The SMILES string of the molecule is CC(C)(C)c1ncc(C=Cc2ncc(C(=O)O)s2)cn1. The summed E-state index contributed by atoms with van der Waals surface area (Å²) in [6, 6.07) is 0. The molecule has 2 rings (SSSR count). The van der Waals surface area contributed by atoms with Gasteiger partial charge in [0.25, 0.3) is 0 Å². The molecule has 0 aromatic carbocycles. The van der Waals surface area contributed by atoms with Gasteiger partial charge in [0.05, 0.1) is 6.20 Å². The number of aromatic carboxylic acids is 1. The minimum Gasteiger partial charge on any atom is -0.477 e. The molecule has 20 heavy (non-hydrogen) atoms. The Morgan fingerprint density at radius 2 is 1.80 bits per heavy atom. The molecule has 0 saturated carbocycles. The van der Waals surface area contributed by atoms with E-state index in [0.717, 1.165) is 22.7 Å². The molecule has 0 amide bonds. The quantitative estimate of drug-likeness (QED) is 0.939. The van der Waals surface area contributed by atoms with Crippen LogP contribution in [0.15, 0.2) is 18.6 Å². The molecule has 0 aliphatic heterocycles. The largest absolute Gasteiger partial charge is 0.477 e. The molecular formula is C14H15N3O2S. The van der Waals surface area contributed by atoms with Crippen LogP contribution < -0.4 is 0 Å². The summed E-state index contributed by atoms with van der Waals surface area (Å²) in [5, 5.41) is 9.46. The Kier molecular flexibility index (Phi) is 3.94. The van der Waals surface area contributed by atoms with Crippen LogP contribution in [-0.2, 0) is 5.41 Å². The molecule has 2 aromatic rings. The number of hydrogen-bond acceptors (Lipinski definition) is 5. The third-order valence-corrected chi connectivity index (χ3v) is 3.45. The molecule has 0 atom stereocenters. The van der Waals surface area contributed by atoms with E-state index in [1.165, 1.54) is 6.20 Å². The summed E-state index contributed by atoms with van der Waals surface area (Å²) in [7, 11) is 0. The second-order valence-electron chi connectivity index (χ2n) is 5.29. The minimum absolute atomic E-state index is 0.0755. The van der Waals surface area contributed by atoms with Crippen LogP contribution in [0.25, 0.3) is 12.2 Å². The standard InChI is InChI=1S/C14H15N3O2S/c1-14(2,3)13-16-6-9(7-17-13)4-5-11-15-8-10(20-11)12(18)19/h4-8H,1-3H3,(H,18,19). The zero-order valence-corrected chi connectivity index (χ0v) is 12.3. The fraction of sp³-hybridized carbons (Fsp3) is 0.286. The first-order valence-electron chi connectivity index (χ1n) is 6.06. The van der Waals surface area contributed by atoms with Crippen molar-refractivity contribution in [2.75, 3.05) is 0 Å². The molecule has 2 heterocycles. The van der Waals surface area contributed by atoms with Gasteiger partial charge in [-0.15, -0.1) is 11.3 Å². The second-order valence-corrected chi connectivity index (χ2v) is 6.35. The average molecular weight is 289 g/mol. The molecule has 1 N–H and O–H groups in total. The summed E-state index contributed by atoms with van der Waals surface area (Å²) in [5.41, 5.74) is 0.776. The Labute approximate surface area is 121 Å². The van der Waals surface area contributed by atoms with Crippen LogP contribution in [0.3, 0.4) is 0 Å². The van der Waals surface area contributed by atoms with E-state index in [1.54, 1.807) is 18.5 Å². The van der Waals surface area contributed by atoms with Crippen LogP contribution in [0, 0.1) is 0 Å². The van der Waals surface area contributed by atoms with Crippen LogP contribution in [0.5, 0.6) is 0 Å². The predicted molar refractivity (Wildman–Crippen MR) is 78.7 cm³/mol. The van der Waals surface area contributed by atoms with Crippen molar-refractivity contribution in [1.82, 2.24) is 15.0 Å². The number of carboxylic acids is 1. The molecule has 0 unspecified atom stereocenters. The van der Waals surface area contributed by atoms with E-state index < -0.39 is 5.97 Å². The molecule has 6 heteroatoms. The number of carbonyl (C=O) groups is 1. The lowest BCUT2D eigenvalue weighted by atomic mass is 9.96. The number of carboxylic acid groups (broad SMARTS) is 1. The summed E-state index contributed by atoms with van der Waals surface area (Å²) in [6.07, 6.45) is 8.42. The normalized spacial score (nSPS) is 11.9. The average Bonchev–Trinajstić information content (AvgIpc) is 2.85. The maximum absolute atomic E-state index is 10.7. The monoisotopic (exact) mass is 289 g/mol. The highest BCUT2D eigenvalue weighted by Crippen LogP contribution is 2.18. The molecule has 0 fully saturated rings. The number of aromatic nitrogens is 3. The van der Waals surface area contributed by atoms with Gasteiger partial charge in [-0.25, -0.2) is 19.7 Å². The van der Waals surface area contributed by atoms with Gasteiger partial charge in [0, 0.05) is 23.4 Å². The first-order chi connectivity index (χ1) is 9.36. The van der Waals surface area contributed by atoms with Gasteiger partial charge in [0.15, 0.2) is 0 Å². The smallest absolute Gasteiger partial charge is 0.347 e. The lowest BCUT2D eigenvalue weighted by molar-refractivity contribution is 0.0702. The van der Waals surface area contributed by atoms with Crippen LogP contribution in [0.1, 0.15) is 46.8 Å². The van der Waals surface area contributed by atoms with Crippen LogP contribution >= 0.6 is 11.3 Å². The molecule has 0 saturated heterocycles. The summed E-state index contributed by atoms with van der Waals surface area (Å²) >= 11 is 1.13. The Balaban J connectivity index is 2.13. The summed E-state index contributed by atoms with van der Waals surface area (Å²) in [4.78, 5) is 23.6. The highest BCUT2D eigenvalue weighted by Gasteiger charge is 2.16. The van der Waals surface area contributed by atoms with Crippen molar-refractivity contribution in [3.63, 3.8) is 0 Å². The Morgan fingerprint density at radius 3 is 2.30 bits per heavy atom. The fourth-order valence-corrected chi connectivity index (χ4v) is 2.10. The van der Waals surface area contributed by atoms with Gasteiger partial charge < -0.3 is 5.11 Å². The van der Waals surface area contributed by atoms with Gasteiger partial charge in [-0.1, -0.05) is 20.8 Å². The summed E-state index contributed by atoms with van der Waals surface area (Å²) in [5.74, 6) is -0.169. The van der Waals surface area contributed by atoms with E-state index >= 15 is 0 Å².